The van der Waals surface area contributed by atoms with Crippen molar-refractivity contribution in [3.05, 3.63) is 51.7 Å². The van der Waals surface area contributed by atoms with Crippen LogP contribution in [-0.2, 0) is 23.1 Å². The van der Waals surface area contributed by atoms with Gasteiger partial charge in [-0.25, -0.2) is 13.2 Å². The molecule has 3 rings (SSSR count). The van der Waals surface area contributed by atoms with E-state index in [1.54, 1.807) is 39.9 Å². The predicted molar refractivity (Wildman–Crippen MR) is 107 cm³/mol. The van der Waals surface area contributed by atoms with Gasteiger partial charge in [-0.15, -0.1) is 11.3 Å². The maximum Gasteiger partial charge on any atom is 0.315 e. The Bertz CT molecular complexity index is 870. The van der Waals surface area contributed by atoms with Crippen molar-refractivity contribution in [3.8, 4) is 0 Å². The van der Waals surface area contributed by atoms with Crippen molar-refractivity contribution in [1.82, 2.24) is 14.9 Å². The molecule has 0 spiro atoms. The number of piperidine rings is 1. The molecule has 0 aliphatic carbocycles. The molecule has 1 saturated heterocycles. The normalized spacial score (nSPS) is 15.4. The van der Waals surface area contributed by atoms with Crippen LogP contribution in [-0.4, -0.2) is 31.8 Å². The highest BCUT2D eigenvalue weighted by Crippen LogP contribution is 2.20. The fraction of sp³-hybridized carbons (Fsp3) is 0.421. The highest BCUT2D eigenvalue weighted by molar-refractivity contribution is 7.89. The van der Waals surface area contributed by atoms with Gasteiger partial charge in [0.2, 0.25) is 10.0 Å². The fourth-order valence-corrected chi connectivity index (χ4v) is 5.37. The number of carbonyl (C=O) groups excluding carboxylic acids is 1. The van der Waals surface area contributed by atoms with Gasteiger partial charge in [-0.2, -0.15) is 4.31 Å². The first-order valence-electron chi connectivity index (χ1n) is 9.11. The lowest BCUT2D eigenvalue weighted by Crippen LogP contribution is -2.35. The van der Waals surface area contributed by atoms with E-state index in [0.29, 0.717) is 31.1 Å². The first-order valence-corrected chi connectivity index (χ1v) is 11.4. The smallest absolute Gasteiger partial charge is 0.315 e. The average molecular weight is 408 g/mol. The van der Waals surface area contributed by atoms with Crippen LogP contribution in [0.5, 0.6) is 0 Å². The van der Waals surface area contributed by atoms with Gasteiger partial charge >= 0.3 is 6.03 Å². The lowest BCUT2D eigenvalue weighted by Gasteiger charge is -2.25. The highest BCUT2D eigenvalue weighted by Gasteiger charge is 2.25. The monoisotopic (exact) mass is 407 g/mol. The number of thiophene rings is 1. The molecule has 1 aliphatic heterocycles. The van der Waals surface area contributed by atoms with E-state index >= 15 is 0 Å². The van der Waals surface area contributed by atoms with Crippen molar-refractivity contribution in [2.24, 2.45) is 0 Å². The van der Waals surface area contributed by atoms with E-state index in [2.05, 4.69) is 10.6 Å². The Kier molecular flexibility index (Phi) is 6.51. The summed E-state index contributed by atoms with van der Waals surface area (Å²) in [5.74, 6) is 0. The maximum absolute atomic E-state index is 12.6. The molecule has 0 saturated carbocycles. The second-order valence-corrected chi connectivity index (χ2v) is 9.97. The van der Waals surface area contributed by atoms with Crippen molar-refractivity contribution < 1.29 is 13.2 Å². The Labute approximate surface area is 164 Å². The summed E-state index contributed by atoms with van der Waals surface area (Å²) < 4.78 is 26.8. The average Bonchev–Trinajstić information content (AvgIpc) is 3.11. The topological polar surface area (TPSA) is 78.5 Å². The summed E-state index contributed by atoms with van der Waals surface area (Å²) in [6.45, 7) is 4.06. The van der Waals surface area contributed by atoms with Crippen LogP contribution in [0.3, 0.4) is 0 Å². The molecule has 8 heteroatoms. The standard InChI is InChI=1S/C19H25N3O3S2/c1-15-5-8-17(26-15)14-21-19(23)20-13-16-6-9-18(10-7-16)27(24,25)22-11-3-2-4-12-22/h5-10H,2-4,11-14H2,1H3,(H2,20,21,23). The molecule has 0 radical (unpaired) electrons. The Balaban J connectivity index is 1.50. The summed E-state index contributed by atoms with van der Waals surface area (Å²) in [5.41, 5.74) is 0.856. The van der Waals surface area contributed by atoms with E-state index in [-0.39, 0.29) is 6.03 Å². The summed E-state index contributed by atoms with van der Waals surface area (Å²) in [5, 5.41) is 5.61. The quantitative estimate of drug-likeness (QED) is 0.772. The first-order chi connectivity index (χ1) is 12.9. The van der Waals surface area contributed by atoms with Crippen LogP contribution in [0.15, 0.2) is 41.3 Å². The third-order valence-electron chi connectivity index (χ3n) is 4.55. The van der Waals surface area contributed by atoms with Gasteiger partial charge in [0.15, 0.2) is 0 Å². The number of hydrogen-bond acceptors (Lipinski definition) is 4. The summed E-state index contributed by atoms with van der Waals surface area (Å²) in [6.07, 6.45) is 2.92. The Morgan fingerprint density at radius 2 is 1.67 bits per heavy atom. The minimum absolute atomic E-state index is 0.244. The van der Waals surface area contributed by atoms with Crippen molar-refractivity contribution in [2.45, 2.75) is 44.2 Å². The summed E-state index contributed by atoms with van der Waals surface area (Å²) in [6, 6.07) is 10.5. The van der Waals surface area contributed by atoms with Gasteiger partial charge in [0.1, 0.15) is 0 Å². The molecule has 0 bridgehead atoms. The molecular weight excluding hydrogens is 382 g/mol. The van der Waals surface area contributed by atoms with Gasteiger partial charge in [0, 0.05) is 29.4 Å². The zero-order valence-corrected chi connectivity index (χ0v) is 17.0. The first kappa shape index (κ1) is 19.9. The van der Waals surface area contributed by atoms with Crippen molar-refractivity contribution >= 4 is 27.4 Å². The van der Waals surface area contributed by atoms with Crippen LogP contribution in [0.2, 0.25) is 0 Å². The van der Waals surface area contributed by atoms with Gasteiger partial charge in [-0.3, -0.25) is 0 Å². The largest absolute Gasteiger partial charge is 0.334 e. The molecule has 0 atom stereocenters. The minimum Gasteiger partial charge on any atom is -0.334 e. The molecule has 27 heavy (non-hydrogen) atoms. The second-order valence-electron chi connectivity index (χ2n) is 6.66. The summed E-state index contributed by atoms with van der Waals surface area (Å²) in [4.78, 5) is 14.5. The third-order valence-corrected chi connectivity index (χ3v) is 7.46. The highest BCUT2D eigenvalue weighted by atomic mass is 32.2. The van der Waals surface area contributed by atoms with E-state index in [4.69, 9.17) is 0 Å². The van der Waals surface area contributed by atoms with E-state index in [1.165, 1.54) is 4.88 Å². The molecule has 2 amide bonds. The molecular formula is C19H25N3O3S2. The van der Waals surface area contributed by atoms with Crippen molar-refractivity contribution in [3.63, 3.8) is 0 Å². The van der Waals surface area contributed by atoms with Crippen LogP contribution in [0.4, 0.5) is 4.79 Å². The van der Waals surface area contributed by atoms with Crippen LogP contribution in [0.1, 0.15) is 34.6 Å². The van der Waals surface area contributed by atoms with Crippen molar-refractivity contribution in [2.75, 3.05) is 13.1 Å². The predicted octanol–water partition coefficient (Wildman–Crippen LogP) is 3.23. The molecule has 1 aromatic heterocycles. The third kappa shape index (κ3) is 5.31. The van der Waals surface area contributed by atoms with Crippen LogP contribution < -0.4 is 10.6 Å². The molecule has 146 valence electrons. The number of rotatable bonds is 6. The van der Waals surface area contributed by atoms with E-state index in [1.807, 2.05) is 19.1 Å². The number of sulfonamides is 1. The van der Waals surface area contributed by atoms with Gasteiger partial charge in [0.25, 0.3) is 0 Å². The fourth-order valence-electron chi connectivity index (χ4n) is 3.03. The van der Waals surface area contributed by atoms with E-state index in [0.717, 1.165) is 29.7 Å². The number of carbonyl (C=O) groups is 1. The lowest BCUT2D eigenvalue weighted by atomic mass is 10.2. The van der Waals surface area contributed by atoms with Gasteiger partial charge in [-0.05, 0) is 49.6 Å². The number of aryl methyl sites for hydroxylation is 1. The number of urea groups is 1. The Morgan fingerprint density at radius 1 is 1.00 bits per heavy atom. The number of amides is 2. The number of benzene rings is 1. The second kappa shape index (κ2) is 8.86. The van der Waals surface area contributed by atoms with E-state index < -0.39 is 10.0 Å². The summed E-state index contributed by atoms with van der Waals surface area (Å²) in [7, 11) is -3.41. The molecule has 1 aliphatic rings. The van der Waals surface area contributed by atoms with Crippen LogP contribution in [0.25, 0.3) is 0 Å². The molecule has 2 N–H and O–H groups in total. The van der Waals surface area contributed by atoms with Crippen LogP contribution in [0, 0.1) is 6.92 Å². The zero-order valence-electron chi connectivity index (χ0n) is 15.4. The van der Waals surface area contributed by atoms with Gasteiger partial charge < -0.3 is 10.6 Å². The number of nitrogens with zero attached hydrogens (tertiary/aromatic N) is 1. The molecule has 0 unspecified atom stereocenters. The molecule has 1 aromatic carbocycles. The molecule has 2 heterocycles. The van der Waals surface area contributed by atoms with E-state index in [9.17, 15) is 13.2 Å². The molecule has 6 nitrogen and oxygen atoms in total. The minimum atomic E-state index is -3.41. The Morgan fingerprint density at radius 3 is 2.30 bits per heavy atom. The van der Waals surface area contributed by atoms with Crippen molar-refractivity contribution in [1.29, 1.82) is 0 Å². The maximum atomic E-state index is 12.6. The number of hydrogen-bond donors (Lipinski definition) is 2. The lowest BCUT2D eigenvalue weighted by molar-refractivity contribution is 0.240. The van der Waals surface area contributed by atoms with Gasteiger partial charge in [0.05, 0.1) is 11.4 Å². The van der Waals surface area contributed by atoms with Crippen LogP contribution >= 0.6 is 11.3 Å². The summed E-state index contributed by atoms with van der Waals surface area (Å²) >= 11 is 1.66. The Hall–Kier alpha value is -1.90. The number of nitrogens with one attached hydrogen (secondary N) is 2. The van der Waals surface area contributed by atoms with Gasteiger partial charge in [-0.1, -0.05) is 18.6 Å². The molecule has 2 aromatic rings. The molecule has 1 fully saturated rings. The zero-order chi connectivity index (χ0) is 19.3. The SMILES string of the molecule is Cc1ccc(CNC(=O)NCc2ccc(S(=O)(=O)N3CCCCC3)cc2)s1.